The third-order valence-electron chi connectivity index (χ3n) is 3.39. The van der Waals surface area contributed by atoms with Crippen molar-refractivity contribution in [3.8, 4) is 5.75 Å². The van der Waals surface area contributed by atoms with Crippen LogP contribution in [0.3, 0.4) is 0 Å². The van der Waals surface area contributed by atoms with E-state index in [0.29, 0.717) is 17.9 Å². The van der Waals surface area contributed by atoms with Crippen molar-refractivity contribution in [3.63, 3.8) is 0 Å². The minimum atomic E-state index is -0.106. The van der Waals surface area contributed by atoms with Gasteiger partial charge in [-0.3, -0.25) is 4.79 Å². The van der Waals surface area contributed by atoms with Gasteiger partial charge in [0, 0.05) is 18.7 Å². The summed E-state index contributed by atoms with van der Waals surface area (Å²) in [4.78, 5) is 14.3. The van der Waals surface area contributed by atoms with E-state index in [-0.39, 0.29) is 5.91 Å². The van der Waals surface area contributed by atoms with Crippen LogP contribution < -0.4 is 10.1 Å². The van der Waals surface area contributed by atoms with Gasteiger partial charge < -0.3 is 15.0 Å². The van der Waals surface area contributed by atoms with Crippen LogP contribution in [0.15, 0.2) is 46.9 Å². The van der Waals surface area contributed by atoms with E-state index in [9.17, 15) is 4.79 Å². The minimum absolute atomic E-state index is 0.106. The summed E-state index contributed by atoms with van der Waals surface area (Å²) in [7, 11) is 5.68. The Hall–Kier alpha value is -1.85. The van der Waals surface area contributed by atoms with Gasteiger partial charge in [0.15, 0.2) is 0 Å². The first kappa shape index (κ1) is 17.5. The molecule has 0 radical (unpaired) electrons. The van der Waals surface area contributed by atoms with Gasteiger partial charge >= 0.3 is 0 Å². The maximum absolute atomic E-state index is 12.2. The highest BCUT2D eigenvalue weighted by Crippen LogP contribution is 2.25. The number of benzene rings is 2. The second-order valence-electron chi connectivity index (χ2n) is 5.59. The number of ether oxygens (including phenoxy) is 1. The second-order valence-corrected chi connectivity index (χ2v) is 6.44. The lowest BCUT2D eigenvalue weighted by Crippen LogP contribution is -2.22. The predicted molar refractivity (Wildman–Crippen MR) is 95.7 cm³/mol. The summed E-state index contributed by atoms with van der Waals surface area (Å²) in [6.07, 6.45) is 0. The van der Waals surface area contributed by atoms with Gasteiger partial charge in [0.2, 0.25) is 0 Å². The Labute approximate surface area is 145 Å². The second kappa shape index (κ2) is 8.13. The van der Waals surface area contributed by atoms with E-state index in [0.717, 1.165) is 16.6 Å². The Balaban J connectivity index is 1.95. The van der Waals surface area contributed by atoms with Gasteiger partial charge in [0.1, 0.15) is 5.75 Å². The van der Waals surface area contributed by atoms with Crippen LogP contribution in [0, 0.1) is 0 Å². The van der Waals surface area contributed by atoms with Gasteiger partial charge in [-0.1, -0.05) is 24.3 Å². The molecule has 1 N–H and O–H groups in total. The maximum atomic E-state index is 12.2. The summed E-state index contributed by atoms with van der Waals surface area (Å²) < 4.78 is 5.93. The SMILES string of the molecule is COc1ccc(C(=O)NCc2ccc(CN(C)C)cc2)cc1Br. The van der Waals surface area contributed by atoms with Crippen LogP contribution in [-0.2, 0) is 13.1 Å². The molecule has 4 nitrogen and oxygen atoms in total. The van der Waals surface area contributed by atoms with Crippen LogP contribution in [0.1, 0.15) is 21.5 Å². The molecule has 0 bridgehead atoms. The van der Waals surface area contributed by atoms with Crippen molar-refractivity contribution in [1.29, 1.82) is 0 Å². The van der Waals surface area contributed by atoms with Crippen LogP contribution in [-0.4, -0.2) is 32.0 Å². The molecule has 0 saturated heterocycles. The van der Waals surface area contributed by atoms with Crippen molar-refractivity contribution in [1.82, 2.24) is 10.2 Å². The first-order valence-electron chi connectivity index (χ1n) is 7.34. The molecule has 5 heteroatoms. The number of halogens is 1. The van der Waals surface area contributed by atoms with Gasteiger partial charge in [-0.15, -0.1) is 0 Å². The number of hydrogen-bond acceptors (Lipinski definition) is 3. The summed E-state index contributed by atoms with van der Waals surface area (Å²) in [6, 6.07) is 13.5. The molecule has 0 aliphatic rings. The van der Waals surface area contributed by atoms with E-state index in [1.807, 2.05) is 26.2 Å². The standard InChI is InChI=1S/C18H21BrN2O2/c1-21(2)12-14-6-4-13(5-7-14)11-20-18(22)15-8-9-17(23-3)16(19)10-15/h4-10H,11-12H2,1-3H3,(H,20,22). The predicted octanol–water partition coefficient (Wildman–Crippen LogP) is 3.45. The van der Waals surface area contributed by atoms with E-state index >= 15 is 0 Å². The zero-order valence-electron chi connectivity index (χ0n) is 13.6. The molecule has 2 rings (SSSR count). The Morgan fingerprint density at radius 2 is 1.78 bits per heavy atom. The largest absolute Gasteiger partial charge is 0.496 e. The first-order chi connectivity index (χ1) is 11.0. The highest BCUT2D eigenvalue weighted by atomic mass is 79.9. The van der Waals surface area contributed by atoms with Crippen LogP contribution in [0.25, 0.3) is 0 Å². The number of nitrogens with one attached hydrogen (secondary N) is 1. The zero-order chi connectivity index (χ0) is 16.8. The van der Waals surface area contributed by atoms with Gasteiger partial charge in [0.05, 0.1) is 11.6 Å². The van der Waals surface area contributed by atoms with E-state index < -0.39 is 0 Å². The third-order valence-corrected chi connectivity index (χ3v) is 4.01. The van der Waals surface area contributed by atoms with E-state index in [1.54, 1.807) is 25.3 Å². The van der Waals surface area contributed by atoms with Gasteiger partial charge in [-0.25, -0.2) is 0 Å². The minimum Gasteiger partial charge on any atom is -0.496 e. The number of methoxy groups -OCH3 is 1. The lowest BCUT2D eigenvalue weighted by Gasteiger charge is -2.11. The lowest BCUT2D eigenvalue weighted by molar-refractivity contribution is 0.0951. The molecule has 0 heterocycles. The normalized spacial score (nSPS) is 10.7. The van der Waals surface area contributed by atoms with E-state index in [4.69, 9.17) is 4.74 Å². The van der Waals surface area contributed by atoms with Crippen LogP contribution in [0.4, 0.5) is 0 Å². The molecule has 0 aromatic heterocycles. The number of hydrogen-bond donors (Lipinski definition) is 1. The molecule has 0 atom stereocenters. The number of carbonyl (C=O) groups excluding carboxylic acids is 1. The van der Waals surface area contributed by atoms with E-state index in [1.165, 1.54) is 5.56 Å². The van der Waals surface area contributed by atoms with E-state index in [2.05, 4.69) is 38.3 Å². The maximum Gasteiger partial charge on any atom is 0.251 e. The summed E-state index contributed by atoms with van der Waals surface area (Å²) in [5, 5.41) is 2.93. The summed E-state index contributed by atoms with van der Waals surface area (Å²) in [6.45, 7) is 1.41. The molecular weight excluding hydrogens is 356 g/mol. The zero-order valence-corrected chi connectivity index (χ0v) is 15.2. The molecule has 2 aromatic carbocycles. The average Bonchev–Trinajstić information content (AvgIpc) is 2.53. The van der Waals surface area contributed by atoms with Gasteiger partial charge in [-0.05, 0) is 59.4 Å². The average molecular weight is 377 g/mol. The fraction of sp³-hybridized carbons (Fsp3) is 0.278. The van der Waals surface area contributed by atoms with Crippen LogP contribution >= 0.6 is 15.9 Å². The molecule has 0 spiro atoms. The van der Waals surface area contributed by atoms with Crippen molar-refractivity contribution in [3.05, 3.63) is 63.6 Å². The van der Waals surface area contributed by atoms with Crippen molar-refractivity contribution in [2.75, 3.05) is 21.2 Å². The number of amides is 1. The Kier molecular flexibility index (Phi) is 6.19. The quantitative estimate of drug-likeness (QED) is 0.839. The molecule has 1 amide bonds. The Morgan fingerprint density at radius 1 is 1.13 bits per heavy atom. The molecule has 2 aromatic rings. The number of carbonyl (C=O) groups is 1. The topological polar surface area (TPSA) is 41.6 Å². The molecule has 0 unspecified atom stereocenters. The lowest BCUT2D eigenvalue weighted by atomic mass is 10.1. The summed E-state index contributed by atoms with van der Waals surface area (Å²) in [5.74, 6) is 0.601. The fourth-order valence-electron chi connectivity index (χ4n) is 2.22. The smallest absolute Gasteiger partial charge is 0.251 e. The third kappa shape index (κ3) is 5.08. The number of rotatable bonds is 6. The summed E-state index contributed by atoms with van der Waals surface area (Å²) >= 11 is 3.39. The van der Waals surface area contributed by atoms with Crippen LogP contribution in [0.2, 0.25) is 0 Å². The summed E-state index contributed by atoms with van der Waals surface area (Å²) in [5.41, 5.74) is 2.93. The van der Waals surface area contributed by atoms with Crippen LogP contribution in [0.5, 0.6) is 5.75 Å². The molecule has 0 aliphatic carbocycles. The van der Waals surface area contributed by atoms with Crippen molar-refractivity contribution >= 4 is 21.8 Å². The first-order valence-corrected chi connectivity index (χ1v) is 8.13. The Morgan fingerprint density at radius 3 is 2.35 bits per heavy atom. The molecule has 122 valence electrons. The highest BCUT2D eigenvalue weighted by Gasteiger charge is 2.08. The Bertz CT molecular complexity index is 669. The molecule has 0 aliphatic heterocycles. The monoisotopic (exact) mass is 376 g/mol. The molecule has 23 heavy (non-hydrogen) atoms. The molecule has 0 fully saturated rings. The fourth-order valence-corrected chi connectivity index (χ4v) is 2.76. The van der Waals surface area contributed by atoms with Crippen molar-refractivity contribution in [2.45, 2.75) is 13.1 Å². The van der Waals surface area contributed by atoms with Crippen molar-refractivity contribution in [2.24, 2.45) is 0 Å². The van der Waals surface area contributed by atoms with Gasteiger partial charge in [0.25, 0.3) is 5.91 Å². The highest BCUT2D eigenvalue weighted by molar-refractivity contribution is 9.10. The molecule has 0 saturated carbocycles. The molecular formula is C18H21BrN2O2. The van der Waals surface area contributed by atoms with Gasteiger partial charge in [-0.2, -0.15) is 0 Å². The van der Waals surface area contributed by atoms with Crippen molar-refractivity contribution < 1.29 is 9.53 Å². The number of nitrogens with zero attached hydrogens (tertiary/aromatic N) is 1.